The number of hydrogen-bond acceptors (Lipinski definition) is 3. The van der Waals surface area contributed by atoms with Gasteiger partial charge in [0.2, 0.25) is 0 Å². The quantitative estimate of drug-likeness (QED) is 0.669. The Kier molecular flexibility index (Phi) is 4.96. The summed E-state index contributed by atoms with van der Waals surface area (Å²) in [5.41, 5.74) is -0.367. The summed E-state index contributed by atoms with van der Waals surface area (Å²) in [6.45, 7) is 11.7. The van der Waals surface area contributed by atoms with Crippen LogP contribution in [0, 0.1) is 5.92 Å². The van der Waals surface area contributed by atoms with Gasteiger partial charge in [0.15, 0.2) is 0 Å². The van der Waals surface area contributed by atoms with E-state index in [2.05, 4.69) is 0 Å². The summed E-state index contributed by atoms with van der Waals surface area (Å²) < 4.78 is 10.4. The third-order valence-corrected chi connectivity index (χ3v) is 2.18. The average Bonchev–Trinajstić information content (AvgIpc) is 1.82. The van der Waals surface area contributed by atoms with Gasteiger partial charge in [-0.1, -0.05) is 13.8 Å². The van der Waals surface area contributed by atoms with Gasteiger partial charge in [-0.05, 0) is 33.6 Å². The van der Waals surface area contributed by atoms with E-state index in [4.69, 9.17) is 9.31 Å². The van der Waals surface area contributed by atoms with Crippen molar-refractivity contribution in [3.8, 4) is 0 Å². The lowest BCUT2D eigenvalue weighted by Gasteiger charge is -2.31. The van der Waals surface area contributed by atoms with Crippen LogP contribution >= 0.6 is 0 Å². The minimum absolute atomic E-state index is 0.0297. The molecule has 0 heterocycles. The Morgan fingerprint density at radius 1 is 1.15 bits per heavy atom. The van der Waals surface area contributed by atoms with Gasteiger partial charge in [0.1, 0.15) is 0 Å². The van der Waals surface area contributed by atoms with Crippen LogP contribution in [0.2, 0.25) is 0 Å². The molecule has 0 bridgehead atoms. The zero-order chi connectivity index (χ0) is 10.6. The molecule has 0 radical (unpaired) electrons. The standard InChI is InChI=1S/C9H21BO3/c1-7(2)9(5,6)13-10(11)12-8(3)4/h7-8,11H,1-6H3. The summed E-state index contributed by atoms with van der Waals surface area (Å²) in [6.07, 6.45) is -0.0297. The molecule has 0 aliphatic carbocycles. The monoisotopic (exact) mass is 188 g/mol. The fraction of sp³-hybridized carbons (Fsp3) is 1.00. The van der Waals surface area contributed by atoms with Crippen molar-refractivity contribution >= 4 is 7.32 Å². The summed E-state index contributed by atoms with van der Waals surface area (Å²) in [7, 11) is -1.13. The maximum atomic E-state index is 9.36. The van der Waals surface area contributed by atoms with Crippen molar-refractivity contribution in [1.82, 2.24) is 0 Å². The Labute approximate surface area is 81.6 Å². The van der Waals surface area contributed by atoms with E-state index in [9.17, 15) is 5.02 Å². The van der Waals surface area contributed by atoms with Gasteiger partial charge in [-0.15, -0.1) is 0 Å². The van der Waals surface area contributed by atoms with Crippen LogP contribution in [0.1, 0.15) is 41.5 Å². The zero-order valence-electron chi connectivity index (χ0n) is 9.50. The Hall–Kier alpha value is -0.0551. The largest absolute Gasteiger partial charge is 0.637 e. The Balaban J connectivity index is 3.96. The normalized spacial score (nSPS) is 12.7. The molecular formula is C9H21BO3. The summed E-state index contributed by atoms with van der Waals surface area (Å²) in [5, 5.41) is 9.36. The molecule has 0 aromatic carbocycles. The smallest absolute Gasteiger partial charge is 0.402 e. The van der Waals surface area contributed by atoms with Crippen molar-refractivity contribution < 1.29 is 14.3 Å². The maximum Gasteiger partial charge on any atom is 0.637 e. The van der Waals surface area contributed by atoms with Crippen LogP contribution in [0.15, 0.2) is 0 Å². The average molecular weight is 188 g/mol. The van der Waals surface area contributed by atoms with Gasteiger partial charge in [-0.3, -0.25) is 0 Å². The van der Waals surface area contributed by atoms with E-state index < -0.39 is 7.32 Å². The second-order valence-electron chi connectivity index (χ2n) is 4.37. The fourth-order valence-electron chi connectivity index (χ4n) is 0.657. The molecule has 13 heavy (non-hydrogen) atoms. The van der Waals surface area contributed by atoms with E-state index in [1.807, 2.05) is 41.5 Å². The van der Waals surface area contributed by atoms with E-state index in [1.54, 1.807) is 0 Å². The van der Waals surface area contributed by atoms with E-state index in [-0.39, 0.29) is 11.7 Å². The highest BCUT2D eigenvalue weighted by molar-refractivity contribution is 6.34. The predicted octanol–water partition coefficient (Wildman–Crippen LogP) is 1.84. The number of hydrogen-bond donors (Lipinski definition) is 1. The van der Waals surface area contributed by atoms with Gasteiger partial charge in [0, 0.05) is 6.10 Å². The van der Waals surface area contributed by atoms with Crippen molar-refractivity contribution in [3.63, 3.8) is 0 Å². The lowest BCUT2D eigenvalue weighted by atomic mass is 9.93. The van der Waals surface area contributed by atoms with Crippen LogP contribution in [0.4, 0.5) is 0 Å². The number of rotatable bonds is 5. The van der Waals surface area contributed by atoms with Gasteiger partial charge in [-0.2, -0.15) is 0 Å². The molecule has 4 heteroatoms. The molecular weight excluding hydrogens is 167 g/mol. The highest BCUT2D eigenvalue weighted by atomic mass is 16.7. The first kappa shape index (κ1) is 12.9. The third kappa shape index (κ3) is 5.29. The molecule has 0 aliphatic rings. The van der Waals surface area contributed by atoms with Crippen LogP contribution in [0.25, 0.3) is 0 Å². The minimum Gasteiger partial charge on any atom is -0.402 e. The fourth-order valence-corrected chi connectivity index (χ4v) is 0.657. The highest BCUT2D eigenvalue weighted by Crippen LogP contribution is 2.21. The second-order valence-corrected chi connectivity index (χ2v) is 4.37. The van der Waals surface area contributed by atoms with Crippen molar-refractivity contribution in [3.05, 3.63) is 0 Å². The molecule has 3 nitrogen and oxygen atoms in total. The van der Waals surface area contributed by atoms with Gasteiger partial charge in [0.05, 0.1) is 5.60 Å². The molecule has 1 N–H and O–H groups in total. The second kappa shape index (κ2) is 4.98. The van der Waals surface area contributed by atoms with E-state index in [0.29, 0.717) is 5.92 Å². The van der Waals surface area contributed by atoms with Gasteiger partial charge < -0.3 is 14.3 Å². The molecule has 0 spiro atoms. The zero-order valence-corrected chi connectivity index (χ0v) is 9.50. The van der Waals surface area contributed by atoms with Crippen molar-refractivity contribution in [2.75, 3.05) is 0 Å². The van der Waals surface area contributed by atoms with E-state index in [0.717, 1.165) is 0 Å². The predicted molar refractivity (Wildman–Crippen MR) is 54.2 cm³/mol. The Bertz CT molecular complexity index is 146. The molecule has 0 saturated heterocycles. The first-order chi connectivity index (χ1) is 5.75. The molecule has 0 aromatic heterocycles. The van der Waals surface area contributed by atoms with Gasteiger partial charge >= 0.3 is 7.32 Å². The molecule has 0 aliphatic heterocycles. The molecule has 0 saturated carbocycles. The van der Waals surface area contributed by atoms with Crippen molar-refractivity contribution in [1.29, 1.82) is 0 Å². The minimum atomic E-state index is -1.13. The summed E-state index contributed by atoms with van der Waals surface area (Å²) in [4.78, 5) is 0. The molecule has 78 valence electrons. The first-order valence-corrected chi connectivity index (χ1v) is 4.77. The molecule has 0 atom stereocenters. The molecule has 0 amide bonds. The van der Waals surface area contributed by atoms with Crippen LogP contribution in [0.5, 0.6) is 0 Å². The van der Waals surface area contributed by atoms with Crippen molar-refractivity contribution in [2.45, 2.75) is 53.2 Å². The SMILES string of the molecule is CC(C)OB(O)OC(C)(C)C(C)C. The molecule has 0 fully saturated rings. The summed E-state index contributed by atoms with van der Waals surface area (Å²) in [5.74, 6) is 0.331. The maximum absolute atomic E-state index is 9.36. The lowest BCUT2D eigenvalue weighted by molar-refractivity contribution is -0.00970. The topological polar surface area (TPSA) is 38.7 Å². The van der Waals surface area contributed by atoms with Gasteiger partial charge in [-0.25, -0.2) is 0 Å². The Morgan fingerprint density at radius 2 is 1.62 bits per heavy atom. The van der Waals surface area contributed by atoms with Crippen LogP contribution in [-0.2, 0) is 9.31 Å². The van der Waals surface area contributed by atoms with Gasteiger partial charge in [0.25, 0.3) is 0 Å². The van der Waals surface area contributed by atoms with E-state index in [1.165, 1.54) is 0 Å². The Morgan fingerprint density at radius 3 is 1.92 bits per heavy atom. The third-order valence-electron chi connectivity index (χ3n) is 2.18. The van der Waals surface area contributed by atoms with Crippen LogP contribution in [0.3, 0.4) is 0 Å². The summed E-state index contributed by atoms with van der Waals surface area (Å²) in [6, 6.07) is 0. The highest BCUT2D eigenvalue weighted by Gasteiger charge is 2.31. The summed E-state index contributed by atoms with van der Waals surface area (Å²) >= 11 is 0. The lowest BCUT2D eigenvalue weighted by Crippen LogP contribution is -2.40. The first-order valence-electron chi connectivity index (χ1n) is 4.77. The van der Waals surface area contributed by atoms with Crippen LogP contribution < -0.4 is 0 Å². The van der Waals surface area contributed by atoms with Crippen molar-refractivity contribution in [2.24, 2.45) is 5.92 Å². The van der Waals surface area contributed by atoms with E-state index >= 15 is 0 Å². The molecule has 0 rings (SSSR count). The molecule has 0 aromatic rings. The van der Waals surface area contributed by atoms with Crippen LogP contribution in [-0.4, -0.2) is 24.1 Å². The molecule has 0 unspecified atom stereocenters.